The number of nitrogen functional groups attached to an aromatic ring is 1. The first kappa shape index (κ1) is 11.0. The summed E-state index contributed by atoms with van der Waals surface area (Å²) in [6.45, 7) is 0. The second-order valence-electron chi connectivity index (χ2n) is 3.76. The van der Waals surface area contributed by atoms with Gasteiger partial charge in [0.1, 0.15) is 0 Å². The molecule has 0 spiro atoms. The summed E-state index contributed by atoms with van der Waals surface area (Å²) < 4.78 is 0. The van der Waals surface area contributed by atoms with Crippen LogP contribution in [-0.4, -0.2) is 0 Å². The average Bonchev–Trinajstić information content (AvgIpc) is 2.33. The smallest absolute Gasteiger partial charge is 0.0368 e. The second-order valence-corrected chi connectivity index (χ2v) is 4.05. The molecule has 0 aliphatic heterocycles. The van der Waals surface area contributed by atoms with E-state index < -0.39 is 0 Å². The maximum atomic E-state index is 5.65. The van der Waals surface area contributed by atoms with Gasteiger partial charge in [0.15, 0.2) is 0 Å². The van der Waals surface area contributed by atoms with Crippen molar-refractivity contribution in [2.24, 2.45) is 0 Å². The fourth-order valence-corrected chi connectivity index (χ4v) is 1.78. The third-order valence-corrected chi connectivity index (χ3v) is 2.84. The van der Waals surface area contributed by atoms with Crippen molar-refractivity contribution in [3.8, 4) is 0 Å². The lowest BCUT2D eigenvalue weighted by Crippen LogP contribution is -1.90. The van der Waals surface area contributed by atoms with Gasteiger partial charge in [-0.15, -0.1) is 0 Å². The minimum Gasteiger partial charge on any atom is -0.399 e. The Morgan fingerprint density at radius 2 is 1.38 bits per heavy atom. The molecule has 3 heteroatoms. The lowest BCUT2D eigenvalue weighted by molar-refractivity contribution is 1.19. The number of anilines is 2. The van der Waals surface area contributed by atoms with E-state index in [1.807, 2.05) is 12.1 Å². The Kier molecular flexibility index (Phi) is 3.43. The molecule has 0 saturated carbocycles. The molecule has 16 heavy (non-hydrogen) atoms. The summed E-state index contributed by atoms with van der Waals surface area (Å²) in [7, 11) is 2.49. The molecular formula is C13H15N2P. The highest BCUT2D eigenvalue weighted by Crippen LogP contribution is 2.15. The topological polar surface area (TPSA) is 38.0 Å². The molecule has 0 fully saturated rings. The molecule has 0 aliphatic carbocycles. The Labute approximate surface area is 98.1 Å². The summed E-state index contributed by atoms with van der Waals surface area (Å²) >= 11 is 0. The summed E-state index contributed by atoms with van der Waals surface area (Å²) in [6.07, 6.45) is 0.942. The van der Waals surface area contributed by atoms with Crippen LogP contribution in [0.3, 0.4) is 0 Å². The third-order valence-electron chi connectivity index (χ3n) is 2.51. The minimum atomic E-state index is 0.811. The van der Waals surface area contributed by atoms with Gasteiger partial charge < -0.3 is 10.8 Å². The van der Waals surface area contributed by atoms with E-state index in [-0.39, 0.29) is 0 Å². The van der Waals surface area contributed by atoms with E-state index in [0.29, 0.717) is 0 Å². The molecule has 0 amide bonds. The molecule has 0 heterocycles. The van der Waals surface area contributed by atoms with Crippen molar-refractivity contribution in [1.29, 1.82) is 0 Å². The van der Waals surface area contributed by atoms with E-state index in [1.165, 1.54) is 11.1 Å². The summed E-state index contributed by atoms with van der Waals surface area (Å²) in [5.41, 5.74) is 10.1. The van der Waals surface area contributed by atoms with Crippen LogP contribution >= 0.6 is 9.39 Å². The predicted octanol–water partition coefficient (Wildman–Crippen LogP) is 3.06. The van der Waals surface area contributed by atoms with E-state index in [1.54, 1.807) is 0 Å². The van der Waals surface area contributed by atoms with Gasteiger partial charge >= 0.3 is 0 Å². The van der Waals surface area contributed by atoms with Crippen LogP contribution in [0.4, 0.5) is 11.4 Å². The van der Waals surface area contributed by atoms with E-state index in [9.17, 15) is 0 Å². The highest BCUT2D eigenvalue weighted by Gasteiger charge is 1.96. The lowest BCUT2D eigenvalue weighted by atomic mass is 10.0. The highest BCUT2D eigenvalue weighted by atomic mass is 31.0. The van der Waals surface area contributed by atoms with Crippen LogP contribution in [-0.2, 0) is 6.42 Å². The summed E-state index contributed by atoms with van der Waals surface area (Å²) in [4.78, 5) is 0. The number of rotatable bonds is 3. The molecule has 2 aromatic rings. The number of hydrogen-bond acceptors (Lipinski definition) is 2. The van der Waals surface area contributed by atoms with E-state index >= 15 is 0 Å². The molecule has 2 nitrogen and oxygen atoms in total. The van der Waals surface area contributed by atoms with Crippen molar-refractivity contribution in [3.05, 3.63) is 59.7 Å². The zero-order chi connectivity index (χ0) is 11.4. The molecule has 0 aliphatic rings. The Balaban J connectivity index is 2.11. The summed E-state index contributed by atoms with van der Waals surface area (Å²) in [5.74, 6) is 0. The lowest BCUT2D eigenvalue weighted by Gasteiger charge is -2.04. The van der Waals surface area contributed by atoms with E-state index in [4.69, 9.17) is 5.73 Å². The Morgan fingerprint density at radius 1 is 0.875 bits per heavy atom. The Hall–Kier alpha value is -1.53. The molecule has 0 radical (unpaired) electrons. The van der Waals surface area contributed by atoms with E-state index in [2.05, 4.69) is 50.9 Å². The van der Waals surface area contributed by atoms with Gasteiger partial charge in [-0.2, -0.15) is 0 Å². The van der Waals surface area contributed by atoms with Crippen molar-refractivity contribution in [2.45, 2.75) is 6.42 Å². The van der Waals surface area contributed by atoms with Crippen molar-refractivity contribution < 1.29 is 0 Å². The standard InChI is InChI=1S/C13H15N2P/c14-12-5-1-10(2-6-12)9-11-3-7-13(15-16)8-4-11/h1-8,15H,9,14,16H2. The van der Waals surface area contributed by atoms with Crippen LogP contribution in [0.15, 0.2) is 48.5 Å². The van der Waals surface area contributed by atoms with Gasteiger partial charge in [-0.25, -0.2) is 0 Å². The van der Waals surface area contributed by atoms with Crippen LogP contribution in [0.5, 0.6) is 0 Å². The number of nitrogens with one attached hydrogen (secondary N) is 1. The molecule has 2 aromatic carbocycles. The number of benzene rings is 2. The quantitative estimate of drug-likeness (QED) is 0.628. The molecule has 0 saturated heterocycles. The number of nitrogens with two attached hydrogens (primary N) is 1. The second kappa shape index (κ2) is 5.00. The largest absolute Gasteiger partial charge is 0.399 e. The van der Waals surface area contributed by atoms with Gasteiger partial charge in [0.05, 0.1) is 0 Å². The van der Waals surface area contributed by atoms with Crippen molar-refractivity contribution in [1.82, 2.24) is 0 Å². The fraction of sp³-hybridized carbons (Fsp3) is 0.0769. The first-order valence-corrected chi connectivity index (χ1v) is 5.75. The monoisotopic (exact) mass is 230 g/mol. The maximum absolute atomic E-state index is 5.65. The van der Waals surface area contributed by atoms with Crippen LogP contribution < -0.4 is 10.8 Å². The van der Waals surface area contributed by atoms with Crippen molar-refractivity contribution in [2.75, 3.05) is 10.8 Å². The Morgan fingerprint density at radius 3 is 1.88 bits per heavy atom. The van der Waals surface area contributed by atoms with Crippen LogP contribution in [0.2, 0.25) is 0 Å². The zero-order valence-electron chi connectivity index (χ0n) is 8.98. The Bertz CT molecular complexity index is 448. The summed E-state index contributed by atoms with van der Waals surface area (Å²) in [6, 6.07) is 16.4. The molecule has 82 valence electrons. The first-order chi connectivity index (χ1) is 7.78. The normalized spacial score (nSPS) is 10.1. The number of hydrogen-bond donors (Lipinski definition) is 2. The van der Waals surface area contributed by atoms with Crippen LogP contribution in [0.1, 0.15) is 11.1 Å². The van der Waals surface area contributed by atoms with Crippen molar-refractivity contribution >= 4 is 20.8 Å². The summed E-state index contributed by atoms with van der Waals surface area (Å²) in [5, 5.41) is 3.03. The highest BCUT2D eigenvalue weighted by molar-refractivity contribution is 7.18. The molecule has 2 rings (SSSR count). The zero-order valence-corrected chi connectivity index (χ0v) is 10.1. The van der Waals surface area contributed by atoms with Gasteiger partial charge in [-0.05, 0) is 51.2 Å². The van der Waals surface area contributed by atoms with Gasteiger partial charge in [0.2, 0.25) is 0 Å². The minimum absolute atomic E-state index is 0.811. The SMILES string of the molecule is Nc1ccc(Cc2ccc(NP)cc2)cc1. The molecular weight excluding hydrogens is 215 g/mol. The third kappa shape index (κ3) is 2.74. The molecule has 3 N–H and O–H groups in total. The molecule has 0 bridgehead atoms. The van der Waals surface area contributed by atoms with Gasteiger partial charge in [0, 0.05) is 11.4 Å². The van der Waals surface area contributed by atoms with E-state index in [0.717, 1.165) is 17.8 Å². The van der Waals surface area contributed by atoms with Gasteiger partial charge in [0.25, 0.3) is 0 Å². The molecule has 0 aromatic heterocycles. The van der Waals surface area contributed by atoms with Gasteiger partial charge in [-0.3, -0.25) is 0 Å². The van der Waals surface area contributed by atoms with Gasteiger partial charge in [-0.1, -0.05) is 24.3 Å². The first-order valence-electron chi connectivity index (χ1n) is 5.18. The predicted molar refractivity (Wildman–Crippen MR) is 73.4 cm³/mol. The maximum Gasteiger partial charge on any atom is 0.0368 e. The molecule has 1 unspecified atom stereocenters. The fourth-order valence-electron chi connectivity index (χ4n) is 1.59. The average molecular weight is 230 g/mol. The van der Waals surface area contributed by atoms with Crippen molar-refractivity contribution in [3.63, 3.8) is 0 Å². The van der Waals surface area contributed by atoms with Crippen LogP contribution in [0, 0.1) is 0 Å². The molecule has 1 atom stereocenters. The van der Waals surface area contributed by atoms with Crippen LogP contribution in [0.25, 0.3) is 0 Å².